The van der Waals surface area contributed by atoms with E-state index in [1.807, 2.05) is 42.1 Å². The molecule has 0 saturated carbocycles. The van der Waals surface area contributed by atoms with Crippen LogP contribution in [0.4, 0.5) is 13.2 Å². The normalized spacial score (nSPS) is 12.0. The fraction of sp³-hybridized carbons (Fsp3) is 0.278. The van der Waals surface area contributed by atoms with Crippen LogP contribution < -0.4 is 0 Å². The molecule has 0 aliphatic rings. The van der Waals surface area contributed by atoms with Crippen molar-refractivity contribution < 1.29 is 13.2 Å². The molecule has 0 saturated heterocycles. The maximum Gasteiger partial charge on any atom is 0.418 e. The number of pyridine rings is 1. The minimum Gasteiger partial charge on any atom is -0.351 e. The lowest BCUT2D eigenvalue weighted by Gasteiger charge is -2.13. The summed E-state index contributed by atoms with van der Waals surface area (Å²) < 4.78 is 41.4. The molecule has 0 atom stereocenters. The third kappa shape index (κ3) is 3.09. The predicted molar refractivity (Wildman–Crippen MR) is 84.3 cm³/mol. The van der Waals surface area contributed by atoms with E-state index < -0.39 is 11.7 Å². The molecule has 1 aromatic carbocycles. The van der Waals surface area contributed by atoms with E-state index >= 15 is 0 Å². The first-order valence-corrected chi connectivity index (χ1v) is 7.47. The Kier molecular flexibility index (Phi) is 3.88. The summed E-state index contributed by atoms with van der Waals surface area (Å²) in [7, 11) is 1.96. The zero-order chi connectivity index (χ0) is 16.6. The van der Waals surface area contributed by atoms with Gasteiger partial charge in [0.05, 0.1) is 11.3 Å². The smallest absolute Gasteiger partial charge is 0.351 e. The highest BCUT2D eigenvalue weighted by Gasteiger charge is 2.33. The number of alkyl halides is 3. The van der Waals surface area contributed by atoms with Gasteiger partial charge in [-0.25, -0.2) is 0 Å². The quantitative estimate of drug-likeness (QED) is 0.682. The van der Waals surface area contributed by atoms with E-state index in [4.69, 9.17) is 0 Å². The van der Waals surface area contributed by atoms with Crippen molar-refractivity contribution in [3.8, 4) is 0 Å². The predicted octanol–water partition coefficient (Wildman–Crippen LogP) is 4.75. The summed E-state index contributed by atoms with van der Waals surface area (Å²) in [6.45, 7) is 1.68. The number of hydrogen-bond donors (Lipinski definition) is 0. The molecule has 120 valence electrons. The van der Waals surface area contributed by atoms with E-state index in [-0.39, 0.29) is 12.1 Å². The Bertz CT molecular complexity index is 847. The van der Waals surface area contributed by atoms with E-state index in [2.05, 4.69) is 4.98 Å². The van der Waals surface area contributed by atoms with Gasteiger partial charge in [-0.3, -0.25) is 4.98 Å². The molecule has 23 heavy (non-hydrogen) atoms. The summed E-state index contributed by atoms with van der Waals surface area (Å²) in [5.41, 5.74) is 2.12. The van der Waals surface area contributed by atoms with Gasteiger partial charge in [0.2, 0.25) is 0 Å². The third-order valence-electron chi connectivity index (χ3n) is 4.03. The first-order valence-electron chi connectivity index (χ1n) is 7.47. The number of hydrogen-bond acceptors (Lipinski definition) is 1. The Balaban J connectivity index is 1.95. The number of rotatable bonds is 3. The van der Waals surface area contributed by atoms with Gasteiger partial charge in [0.15, 0.2) is 0 Å². The Morgan fingerprint density at radius 3 is 2.57 bits per heavy atom. The summed E-state index contributed by atoms with van der Waals surface area (Å²) in [6.07, 6.45) is -0.148. The average Bonchev–Trinajstić information content (AvgIpc) is 2.87. The standard InChI is InChI=1S/C18H17F3N2/c1-3-16-15(18(19,20)21)10-13(11-22-16)8-12-4-5-17-14(9-12)6-7-23(17)2/h4-7,9-11H,3,8H2,1-2H3. The maximum absolute atomic E-state index is 13.1. The molecule has 0 aliphatic carbocycles. The highest BCUT2D eigenvalue weighted by molar-refractivity contribution is 5.80. The van der Waals surface area contributed by atoms with Crippen LogP contribution in [0.15, 0.2) is 42.7 Å². The summed E-state index contributed by atoms with van der Waals surface area (Å²) in [5.74, 6) is 0. The fourth-order valence-corrected chi connectivity index (χ4v) is 2.84. The largest absolute Gasteiger partial charge is 0.418 e. The minimum atomic E-state index is -4.36. The van der Waals surface area contributed by atoms with Gasteiger partial charge in [-0.1, -0.05) is 13.0 Å². The number of aryl methyl sites for hydroxylation is 2. The van der Waals surface area contributed by atoms with Crippen LogP contribution in [0.3, 0.4) is 0 Å². The Morgan fingerprint density at radius 2 is 1.87 bits per heavy atom. The Hall–Kier alpha value is -2.30. The van der Waals surface area contributed by atoms with Gasteiger partial charge in [0.1, 0.15) is 0 Å². The Morgan fingerprint density at radius 1 is 1.09 bits per heavy atom. The van der Waals surface area contributed by atoms with Gasteiger partial charge in [-0.15, -0.1) is 0 Å². The van der Waals surface area contributed by atoms with Crippen molar-refractivity contribution in [2.45, 2.75) is 25.9 Å². The van der Waals surface area contributed by atoms with Crippen molar-refractivity contribution in [3.63, 3.8) is 0 Å². The molecule has 0 bridgehead atoms. The van der Waals surface area contributed by atoms with Crippen molar-refractivity contribution in [2.75, 3.05) is 0 Å². The first-order chi connectivity index (χ1) is 10.9. The number of aromatic nitrogens is 2. The third-order valence-corrected chi connectivity index (χ3v) is 4.03. The van der Waals surface area contributed by atoms with Gasteiger partial charge >= 0.3 is 6.18 Å². The number of benzene rings is 1. The topological polar surface area (TPSA) is 17.8 Å². The van der Waals surface area contributed by atoms with Gasteiger partial charge in [0.25, 0.3) is 0 Å². The summed E-state index contributed by atoms with van der Waals surface area (Å²) >= 11 is 0. The van der Waals surface area contributed by atoms with Crippen molar-refractivity contribution in [3.05, 3.63) is 65.1 Å². The molecule has 0 amide bonds. The van der Waals surface area contributed by atoms with E-state index in [1.54, 1.807) is 13.1 Å². The summed E-state index contributed by atoms with van der Waals surface area (Å²) in [4.78, 5) is 4.00. The molecule has 0 fully saturated rings. The fourth-order valence-electron chi connectivity index (χ4n) is 2.84. The minimum absolute atomic E-state index is 0.0970. The molecule has 0 aliphatic heterocycles. The van der Waals surface area contributed by atoms with E-state index in [9.17, 15) is 13.2 Å². The maximum atomic E-state index is 13.1. The van der Waals surface area contributed by atoms with Gasteiger partial charge in [-0.2, -0.15) is 13.2 Å². The Labute approximate surface area is 132 Å². The molecule has 0 spiro atoms. The van der Waals surface area contributed by atoms with Crippen LogP contribution in [0.2, 0.25) is 0 Å². The zero-order valence-corrected chi connectivity index (χ0v) is 13.0. The van der Waals surface area contributed by atoms with Crippen LogP contribution in [0.25, 0.3) is 10.9 Å². The molecule has 0 radical (unpaired) electrons. The second-order valence-electron chi connectivity index (χ2n) is 5.69. The van der Waals surface area contributed by atoms with Crippen LogP contribution in [0.5, 0.6) is 0 Å². The van der Waals surface area contributed by atoms with E-state index in [0.717, 1.165) is 16.5 Å². The highest BCUT2D eigenvalue weighted by Crippen LogP contribution is 2.32. The molecule has 2 nitrogen and oxygen atoms in total. The molecule has 2 aromatic heterocycles. The van der Waals surface area contributed by atoms with E-state index in [1.165, 1.54) is 6.07 Å². The second-order valence-corrected chi connectivity index (χ2v) is 5.69. The van der Waals surface area contributed by atoms with Gasteiger partial charge in [0, 0.05) is 25.0 Å². The number of nitrogens with zero attached hydrogens (tertiary/aromatic N) is 2. The van der Waals surface area contributed by atoms with Gasteiger partial charge in [-0.05, 0) is 53.6 Å². The van der Waals surface area contributed by atoms with Crippen molar-refractivity contribution in [1.29, 1.82) is 0 Å². The van der Waals surface area contributed by atoms with Crippen LogP contribution in [0, 0.1) is 0 Å². The van der Waals surface area contributed by atoms with Crippen molar-refractivity contribution >= 4 is 10.9 Å². The average molecular weight is 318 g/mol. The number of halogens is 3. The van der Waals surface area contributed by atoms with Crippen molar-refractivity contribution in [1.82, 2.24) is 9.55 Å². The second kappa shape index (κ2) is 5.72. The monoisotopic (exact) mass is 318 g/mol. The lowest BCUT2D eigenvalue weighted by molar-refractivity contribution is -0.138. The van der Waals surface area contributed by atoms with Crippen molar-refractivity contribution in [2.24, 2.45) is 7.05 Å². The first kappa shape index (κ1) is 15.6. The highest BCUT2D eigenvalue weighted by atomic mass is 19.4. The lowest BCUT2D eigenvalue weighted by Crippen LogP contribution is -2.11. The van der Waals surface area contributed by atoms with Crippen LogP contribution in [-0.2, 0) is 26.1 Å². The van der Waals surface area contributed by atoms with Crippen LogP contribution in [0.1, 0.15) is 29.3 Å². The molecule has 3 rings (SSSR count). The summed E-state index contributed by atoms with van der Waals surface area (Å²) in [6, 6.07) is 9.17. The lowest BCUT2D eigenvalue weighted by atomic mass is 10.0. The molecular weight excluding hydrogens is 301 g/mol. The molecule has 0 N–H and O–H groups in total. The van der Waals surface area contributed by atoms with E-state index in [0.29, 0.717) is 12.0 Å². The van der Waals surface area contributed by atoms with Gasteiger partial charge < -0.3 is 4.57 Å². The zero-order valence-electron chi connectivity index (χ0n) is 13.0. The molecule has 3 aromatic rings. The molecular formula is C18H17F3N2. The molecule has 2 heterocycles. The number of fused-ring (bicyclic) bond motifs is 1. The molecule has 5 heteroatoms. The van der Waals surface area contributed by atoms with Crippen LogP contribution in [-0.4, -0.2) is 9.55 Å². The van der Waals surface area contributed by atoms with Crippen LogP contribution >= 0.6 is 0 Å². The molecule has 0 unspecified atom stereocenters. The SMILES string of the molecule is CCc1ncc(Cc2ccc3c(ccn3C)c2)cc1C(F)(F)F. The summed E-state index contributed by atoms with van der Waals surface area (Å²) in [5, 5.41) is 1.08.